The first-order valence-electron chi connectivity index (χ1n) is 7.17. The number of nitrogens with one attached hydrogen (secondary N) is 1. The van der Waals surface area contributed by atoms with E-state index in [-0.39, 0.29) is 17.4 Å². The summed E-state index contributed by atoms with van der Waals surface area (Å²) in [6.07, 6.45) is 3.35. The maximum atomic E-state index is 12.6. The van der Waals surface area contributed by atoms with Crippen molar-refractivity contribution in [3.63, 3.8) is 0 Å². The highest BCUT2D eigenvalue weighted by Gasteiger charge is 2.36. The Kier molecular flexibility index (Phi) is 3.62. The van der Waals surface area contributed by atoms with Crippen molar-refractivity contribution in [2.45, 2.75) is 39.2 Å². The lowest BCUT2D eigenvalue weighted by molar-refractivity contribution is 0.0915. The Morgan fingerprint density at radius 3 is 2.90 bits per heavy atom. The van der Waals surface area contributed by atoms with Gasteiger partial charge in [0.2, 0.25) is 0 Å². The van der Waals surface area contributed by atoms with Crippen LogP contribution in [0.25, 0.3) is 10.1 Å². The number of amides is 1. The zero-order valence-electron chi connectivity index (χ0n) is 12.2. The van der Waals surface area contributed by atoms with Gasteiger partial charge in [-0.2, -0.15) is 0 Å². The highest BCUT2D eigenvalue weighted by Crippen LogP contribution is 2.39. The van der Waals surface area contributed by atoms with Gasteiger partial charge in [0.05, 0.1) is 5.69 Å². The predicted octanol–water partition coefficient (Wildman–Crippen LogP) is 4.45. The van der Waals surface area contributed by atoms with Crippen molar-refractivity contribution >= 4 is 44.6 Å². The van der Waals surface area contributed by atoms with Crippen molar-refractivity contribution in [3.05, 3.63) is 28.1 Å². The summed E-state index contributed by atoms with van der Waals surface area (Å²) in [5.41, 5.74) is 6.83. The number of fused-ring (bicyclic) bond motifs is 1. The van der Waals surface area contributed by atoms with Crippen molar-refractivity contribution in [1.29, 1.82) is 0 Å². The molecule has 1 aromatic carbocycles. The van der Waals surface area contributed by atoms with Crippen LogP contribution in [-0.4, -0.2) is 11.9 Å². The molecule has 3 nitrogen and oxygen atoms in total. The molecule has 0 radical (unpaired) electrons. The fourth-order valence-electron chi connectivity index (χ4n) is 3.08. The maximum Gasteiger partial charge on any atom is 0.263 e. The lowest BCUT2D eigenvalue weighted by atomic mass is 9.87. The molecule has 2 aromatic rings. The number of benzene rings is 1. The van der Waals surface area contributed by atoms with Gasteiger partial charge in [-0.3, -0.25) is 4.79 Å². The van der Waals surface area contributed by atoms with Gasteiger partial charge in [-0.05, 0) is 36.5 Å². The van der Waals surface area contributed by atoms with Gasteiger partial charge in [0.25, 0.3) is 5.91 Å². The number of nitrogen functional groups attached to an aromatic ring is 1. The molecule has 0 aliphatic heterocycles. The van der Waals surface area contributed by atoms with E-state index in [0.29, 0.717) is 15.6 Å². The number of hydrogen-bond donors (Lipinski definition) is 2. The van der Waals surface area contributed by atoms with Crippen molar-refractivity contribution in [3.8, 4) is 0 Å². The summed E-state index contributed by atoms with van der Waals surface area (Å²) < 4.78 is 0.993. The first kappa shape index (κ1) is 14.7. The second-order valence-electron chi connectivity index (χ2n) is 6.39. The van der Waals surface area contributed by atoms with E-state index < -0.39 is 0 Å². The quantitative estimate of drug-likeness (QED) is 0.858. The monoisotopic (exact) mass is 322 g/mol. The van der Waals surface area contributed by atoms with Crippen LogP contribution in [0.15, 0.2) is 18.2 Å². The standard InChI is InChI=1S/C16H19ClN2OS/c1-16(2)7-3-4-12(16)19-15(20)14-13(18)10-8-9(17)5-6-11(10)21-14/h5-6,8,12H,3-4,7,18H2,1-2H3,(H,19,20). The first-order valence-corrected chi connectivity index (χ1v) is 8.36. The van der Waals surface area contributed by atoms with Crippen LogP contribution in [0.4, 0.5) is 5.69 Å². The molecule has 1 unspecified atom stereocenters. The second-order valence-corrected chi connectivity index (χ2v) is 7.88. The van der Waals surface area contributed by atoms with Crippen molar-refractivity contribution in [2.75, 3.05) is 5.73 Å². The zero-order valence-corrected chi connectivity index (χ0v) is 13.8. The SMILES string of the molecule is CC1(C)CCCC1NC(=O)c1sc2ccc(Cl)cc2c1N. The van der Waals surface area contributed by atoms with Crippen molar-refractivity contribution in [1.82, 2.24) is 5.32 Å². The lowest BCUT2D eigenvalue weighted by Gasteiger charge is -2.27. The van der Waals surface area contributed by atoms with E-state index in [1.165, 1.54) is 11.3 Å². The number of anilines is 1. The molecule has 112 valence electrons. The molecule has 3 rings (SSSR count). The van der Waals surface area contributed by atoms with Crippen LogP contribution >= 0.6 is 22.9 Å². The molecular formula is C16H19ClN2OS. The number of carbonyl (C=O) groups is 1. The number of rotatable bonds is 2. The molecule has 1 aliphatic rings. The average Bonchev–Trinajstić information content (AvgIpc) is 2.91. The van der Waals surface area contributed by atoms with Gasteiger partial charge in [0, 0.05) is 21.2 Å². The van der Waals surface area contributed by atoms with Crippen LogP contribution in [0.2, 0.25) is 5.02 Å². The Bertz CT molecular complexity index is 708. The largest absolute Gasteiger partial charge is 0.397 e. The second kappa shape index (κ2) is 5.18. The van der Waals surface area contributed by atoms with E-state index in [4.69, 9.17) is 17.3 Å². The molecule has 1 aliphatic carbocycles. The highest BCUT2D eigenvalue weighted by atomic mass is 35.5. The summed E-state index contributed by atoms with van der Waals surface area (Å²) in [6, 6.07) is 5.77. The Labute approximate surface area is 133 Å². The minimum Gasteiger partial charge on any atom is -0.397 e. The minimum absolute atomic E-state index is 0.0650. The molecule has 0 bridgehead atoms. The normalized spacial score (nSPS) is 20.8. The van der Waals surface area contributed by atoms with Crippen molar-refractivity contribution in [2.24, 2.45) is 5.41 Å². The summed E-state index contributed by atoms with van der Waals surface area (Å²) >= 11 is 7.43. The third-order valence-corrected chi connectivity index (χ3v) is 5.88. The summed E-state index contributed by atoms with van der Waals surface area (Å²) in [5.74, 6) is -0.0650. The van der Waals surface area contributed by atoms with Crippen LogP contribution < -0.4 is 11.1 Å². The maximum absolute atomic E-state index is 12.6. The summed E-state index contributed by atoms with van der Waals surface area (Å²) in [4.78, 5) is 13.1. The van der Waals surface area contributed by atoms with Crippen LogP contribution in [0.3, 0.4) is 0 Å². The van der Waals surface area contributed by atoms with E-state index >= 15 is 0 Å². The number of halogens is 1. The predicted molar refractivity (Wildman–Crippen MR) is 90.1 cm³/mol. The smallest absolute Gasteiger partial charge is 0.263 e. The molecule has 0 saturated heterocycles. The fraction of sp³-hybridized carbons (Fsp3) is 0.438. The third-order valence-electron chi connectivity index (χ3n) is 4.46. The number of carbonyl (C=O) groups excluding carboxylic acids is 1. The Morgan fingerprint density at radius 2 is 2.24 bits per heavy atom. The third kappa shape index (κ3) is 2.62. The molecule has 5 heteroatoms. The van der Waals surface area contributed by atoms with E-state index in [0.717, 1.165) is 29.3 Å². The molecular weight excluding hydrogens is 304 g/mol. The van der Waals surface area contributed by atoms with Crippen LogP contribution in [0, 0.1) is 5.41 Å². The Balaban J connectivity index is 1.90. The van der Waals surface area contributed by atoms with Crippen LogP contribution in [-0.2, 0) is 0 Å². The van der Waals surface area contributed by atoms with Gasteiger partial charge in [-0.15, -0.1) is 11.3 Å². The molecule has 1 amide bonds. The molecule has 0 spiro atoms. The van der Waals surface area contributed by atoms with E-state index in [1.807, 2.05) is 18.2 Å². The lowest BCUT2D eigenvalue weighted by Crippen LogP contribution is -2.41. The molecule has 1 aromatic heterocycles. The van der Waals surface area contributed by atoms with E-state index in [1.54, 1.807) is 0 Å². The first-order chi connectivity index (χ1) is 9.88. The molecule has 21 heavy (non-hydrogen) atoms. The van der Waals surface area contributed by atoms with E-state index in [2.05, 4.69) is 19.2 Å². The number of nitrogens with two attached hydrogens (primary N) is 1. The summed E-state index contributed by atoms with van der Waals surface area (Å²) in [7, 11) is 0. The van der Waals surface area contributed by atoms with Gasteiger partial charge in [-0.1, -0.05) is 31.9 Å². The highest BCUT2D eigenvalue weighted by molar-refractivity contribution is 7.21. The van der Waals surface area contributed by atoms with Crippen molar-refractivity contribution < 1.29 is 4.79 Å². The number of hydrogen-bond acceptors (Lipinski definition) is 3. The Morgan fingerprint density at radius 1 is 1.48 bits per heavy atom. The fourth-order valence-corrected chi connectivity index (χ4v) is 4.25. The average molecular weight is 323 g/mol. The van der Waals surface area contributed by atoms with E-state index in [9.17, 15) is 4.79 Å². The Hall–Kier alpha value is -1.26. The zero-order chi connectivity index (χ0) is 15.2. The van der Waals surface area contributed by atoms with Gasteiger partial charge in [-0.25, -0.2) is 0 Å². The van der Waals surface area contributed by atoms with Crippen LogP contribution in [0.5, 0.6) is 0 Å². The molecule has 1 fully saturated rings. The van der Waals surface area contributed by atoms with Crippen LogP contribution in [0.1, 0.15) is 42.8 Å². The summed E-state index contributed by atoms with van der Waals surface area (Å²) in [6.45, 7) is 4.41. The molecule has 1 atom stereocenters. The summed E-state index contributed by atoms with van der Waals surface area (Å²) in [5, 5.41) is 4.66. The van der Waals surface area contributed by atoms with Gasteiger partial charge >= 0.3 is 0 Å². The molecule has 1 saturated carbocycles. The molecule has 1 heterocycles. The number of thiophene rings is 1. The van der Waals surface area contributed by atoms with Gasteiger partial charge < -0.3 is 11.1 Å². The van der Waals surface area contributed by atoms with Gasteiger partial charge in [0.15, 0.2) is 0 Å². The topological polar surface area (TPSA) is 55.1 Å². The minimum atomic E-state index is -0.0650. The molecule has 3 N–H and O–H groups in total. The van der Waals surface area contributed by atoms with Gasteiger partial charge in [0.1, 0.15) is 4.88 Å².